The van der Waals surface area contributed by atoms with E-state index in [9.17, 15) is 9.18 Å². The molecule has 0 fully saturated rings. The molecule has 0 aliphatic heterocycles. The summed E-state index contributed by atoms with van der Waals surface area (Å²) in [5.74, 6) is 1.24. The van der Waals surface area contributed by atoms with E-state index in [0.29, 0.717) is 22.9 Å². The van der Waals surface area contributed by atoms with Crippen molar-refractivity contribution >= 4 is 23.4 Å². The highest BCUT2D eigenvalue weighted by Crippen LogP contribution is 2.29. The lowest BCUT2D eigenvalue weighted by atomic mass is 10.2. The lowest BCUT2D eigenvalue weighted by Gasteiger charge is -2.15. The molecule has 6 heteroatoms. The highest BCUT2D eigenvalue weighted by atomic mass is 32.2. The average Bonchev–Trinajstić information content (AvgIpc) is 2.60. The number of carbonyl (C=O) groups excluding carboxylic acids is 1. The van der Waals surface area contributed by atoms with Crippen LogP contribution in [0.1, 0.15) is 18.1 Å². The number of rotatable bonds is 7. The smallest absolute Gasteiger partial charge is 0.237 e. The van der Waals surface area contributed by atoms with Crippen LogP contribution in [0.3, 0.4) is 0 Å². The maximum Gasteiger partial charge on any atom is 0.237 e. The van der Waals surface area contributed by atoms with Gasteiger partial charge in [-0.25, -0.2) is 4.39 Å². The third-order valence-electron chi connectivity index (χ3n) is 3.71. The summed E-state index contributed by atoms with van der Waals surface area (Å²) in [6.45, 7) is 3.76. The predicted molar refractivity (Wildman–Crippen MR) is 100 cm³/mol. The Hall–Kier alpha value is -2.21. The van der Waals surface area contributed by atoms with E-state index < -0.39 is 0 Å². The van der Waals surface area contributed by atoms with Gasteiger partial charge in [0, 0.05) is 11.3 Å². The molecule has 1 amide bonds. The van der Waals surface area contributed by atoms with Gasteiger partial charge >= 0.3 is 0 Å². The number of methoxy groups -OCH3 is 2. The fourth-order valence-electron chi connectivity index (χ4n) is 2.30. The molecule has 2 aromatic rings. The molecule has 2 aromatic carbocycles. The lowest BCUT2D eigenvalue weighted by Crippen LogP contribution is -2.23. The molecule has 0 bridgehead atoms. The Bertz CT molecular complexity index is 751. The van der Waals surface area contributed by atoms with Crippen LogP contribution in [0.4, 0.5) is 10.1 Å². The van der Waals surface area contributed by atoms with Gasteiger partial charge in [-0.05, 0) is 49.7 Å². The number of hydrogen-bond acceptors (Lipinski definition) is 4. The molecule has 0 saturated heterocycles. The summed E-state index contributed by atoms with van der Waals surface area (Å²) in [7, 11) is 3.11. The van der Waals surface area contributed by atoms with Crippen LogP contribution in [0.2, 0.25) is 0 Å². The Balaban J connectivity index is 2.02. The zero-order valence-electron chi connectivity index (χ0n) is 14.8. The molecule has 0 aromatic heterocycles. The minimum Gasteiger partial charge on any atom is -0.496 e. The van der Waals surface area contributed by atoms with Crippen molar-refractivity contribution in [2.45, 2.75) is 24.9 Å². The van der Waals surface area contributed by atoms with E-state index in [1.807, 2.05) is 32.0 Å². The number of hydrogen-bond donors (Lipinski definition) is 1. The number of benzene rings is 2. The maximum atomic E-state index is 13.4. The first-order chi connectivity index (χ1) is 11.9. The fourth-order valence-corrected chi connectivity index (χ4v) is 3.17. The van der Waals surface area contributed by atoms with Crippen LogP contribution in [0.5, 0.6) is 11.5 Å². The number of aryl methyl sites for hydroxylation is 1. The first kappa shape index (κ1) is 19.1. The van der Waals surface area contributed by atoms with Crippen molar-refractivity contribution in [2.24, 2.45) is 0 Å². The lowest BCUT2D eigenvalue weighted by molar-refractivity contribution is -0.115. The van der Waals surface area contributed by atoms with E-state index in [2.05, 4.69) is 5.32 Å². The van der Waals surface area contributed by atoms with Crippen molar-refractivity contribution in [3.05, 3.63) is 53.3 Å². The fraction of sp³-hybridized carbons (Fsp3) is 0.316. The molecule has 0 aliphatic carbocycles. The van der Waals surface area contributed by atoms with Crippen molar-refractivity contribution in [1.82, 2.24) is 0 Å². The first-order valence-corrected chi connectivity index (χ1v) is 8.89. The number of carbonyl (C=O) groups is 1. The predicted octanol–water partition coefficient (Wildman–Crippen LogP) is 4.41. The van der Waals surface area contributed by atoms with Gasteiger partial charge in [0.25, 0.3) is 0 Å². The van der Waals surface area contributed by atoms with Gasteiger partial charge in [-0.3, -0.25) is 4.79 Å². The molecule has 1 atom stereocenters. The highest BCUT2D eigenvalue weighted by Gasteiger charge is 2.17. The summed E-state index contributed by atoms with van der Waals surface area (Å²) < 4.78 is 23.9. The van der Waals surface area contributed by atoms with Crippen LogP contribution < -0.4 is 14.8 Å². The Morgan fingerprint density at radius 3 is 2.52 bits per heavy atom. The minimum atomic E-state index is -0.321. The van der Waals surface area contributed by atoms with Crippen LogP contribution in [0.15, 0.2) is 36.4 Å². The number of halogens is 1. The molecular weight excluding hydrogens is 341 g/mol. The summed E-state index contributed by atoms with van der Waals surface area (Å²) in [4.78, 5) is 12.4. The van der Waals surface area contributed by atoms with Crippen LogP contribution in [-0.4, -0.2) is 25.4 Å². The van der Waals surface area contributed by atoms with Gasteiger partial charge in [-0.15, -0.1) is 11.8 Å². The summed E-state index contributed by atoms with van der Waals surface area (Å²) in [6, 6.07) is 9.98. The van der Waals surface area contributed by atoms with Crippen LogP contribution >= 0.6 is 11.8 Å². The molecule has 2 rings (SSSR count). The van der Waals surface area contributed by atoms with Crippen molar-refractivity contribution in [2.75, 3.05) is 19.5 Å². The van der Waals surface area contributed by atoms with Gasteiger partial charge in [-0.2, -0.15) is 0 Å². The molecule has 134 valence electrons. The SMILES string of the molecule is COc1ccc(F)cc1CSC(C)C(=O)Nc1cc(C)ccc1OC. The van der Waals surface area contributed by atoms with Gasteiger partial charge < -0.3 is 14.8 Å². The molecular formula is C19H22FNO3S. The topological polar surface area (TPSA) is 47.6 Å². The number of ether oxygens (including phenoxy) is 2. The van der Waals surface area contributed by atoms with E-state index in [0.717, 1.165) is 11.1 Å². The van der Waals surface area contributed by atoms with Gasteiger partial charge in [0.2, 0.25) is 5.91 Å². The zero-order valence-corrected chi connectivity index (χ0v) is 15.6. The van der Waals surface area contributed by atoms with Crippen LogP contribution in [0, 0.1) is 12.7 Å². The summed E-state index contributed by atoms with van der Waals surface area (Å²) in [6.07, 6.45) is 0. The molecule has 0 aliphatic rings. The normalized spacial score (nSPS) is 11.7. The van der Waals surface area contributed by atoms with E-state index in [-0.39, 0.29) is 17.0 Å². The van der Waals surface area contributed by atoms with Crippen LogP contribution in [0.25, 0.3) is 0 Å². The van der Waals surface area contributed by atoms with Gasteiger partial charge in [-0.1, -0.05) is 6.07 Å². The molecule has 25 heavy (non-hydrogen) atoms. The standard InChI is InChI=1S/C19H22FNO3S/c1-12-5-7-18(24-4)16(9-12)21-19(22)13(2)25-11-14-10-15(20)6-8-17(14)23-3/h5-10,13H,11H2,1-4H3,(H,21,22). The quantitative estimate of drug-likeness (QED) is 0.791. The number of amides is 1. The highest BCUT2D eigenvalue weighted by molar-refractivity contribution is 7.99. The van der Waals surface area contributed by atoms with E-state index >= 15 is 0 Å². The monoisotopic (exact) mass is 363 g/mol. The van der Waals surface area contributed by atoms with Crippen LogP contribution in [-0.2, 0) is 10.5 Å². The second-order valence-corrected chi connectivity index (χ2v) is 6.93. The van der Waals surface area contributed by atoms with Crippen molar-refractivity contribution in [3.63, 3.8) is 0 Å². The number of nitrogens with one attached hydrogen (secondary N) is 1. The van der Waals surface area contributed by atoms with Gasteiger partial charge in [0.1, 0.15) is 17.3 Å². The summed E-state index contributed by atoms with van der Waals surface area (Å²) in [5.41, 5.74) is 2.39. The average molecular weight is 363 g/mol. The van der Waals surface area contributed by atoms with Gasteiger partial charge in [0.05, 0.1) is 25.2 Å². The zero-order chi connectivity index (χ0) is 18.4. The minimum absolute atomic E-state index is 0.135. The van der Waals surface area contributed by atoms with Crippen molar-refractivity contribution in [1.29, 1.82) is 0 Å². The molecule has 0 spiro atoms. The number of thioether (sulfide) groups is 1. The summed E-state index contributed by atoms with van der Waals surface area (Å²) in [5, 5.41) is 2.57. The molecule has 4 nitrogen and oxygen atoms in total. The second kappa shape index (κ2) is 8.76. The molecule has 0 heterocycles. The van der Waals surface area contributed by atoms with E-state index in [4.69, 9.17) is 9.47 Å². The van der Waals surface area contributed by atoms with E-state index in [1.54, 1.807) is 20.3 Å². The number of anilines is 1. The molecule has 0 saturated carbocycles. The maximum absolute atomic E-state index is 13.4. The third kappa shape index (κ3) is 5.13. The Morgan fingerprint density at radius 2 is 1.84 bits per heavy atom. The Labute approximate surface area is 151 Å². The Kier molecular flexibility index (Phi) is 6.70. The second-order valence-electron chi connectivity index (χ2n) is 5.60. The van der Waals surface area contributed by atoms with Crippen molar-refractivity contribution in [3.8, 4) is 11.5 Å². The van der Waals surface area contributed by atoms with Crippen molar-refractivity contribution < 1.29 is 18.7 Å². The van der Waals surface area contributed by atoms with Gasteiger partial charge in [0.15, 0.2) is 0 Å². The third-order valence-corrected chi connectivity index (χ3v) is 4.91. The van der Waals surface area contributed by atoms with E-state index in [1.165, 1.54) is 23.9 Å². The molecule has 1 unspecified atom stereocenters. The first-order valence-electron chi connectivity index (χ1n) is 7.84. The summed E-state index contributed by atoms with van der Waals surface area (Å²) >= 11 is 1.41. The molecule has 0 radical (unpaired) electrons. The molecule has 1 N–H and O–H groups in total. The largest absolute Gasteiger partial charge is 0.496 e. The Morgan fingerprint density at radius 1 is 1.16 bits per heavy atom.